The zero-order chi connectivity index (χ0) is 15.0. The fraction of sp³-hybridized carbons (Fsp3) is 0.533. The van der Waals surface area contributed by atoms with Crippen molar-refractivity contribution in [2.45, 2.75) is 44.6 Å². The lowest BCUT2D eigenvalue weighted by molar-refractivity contribution is -0.137. The topological polar surface area (TPSA) is 96.5 Å². The van der Waals surface area contributed by atoms with Crippen LogP contribution in [0.1, 0.15) is 47.3 Å². The third-order valence-corrected chi connectivity index (χ3v) is 4.36. The first-order valence-corrected chi connectivity index (χ1v) is 7.37. The van der Waals surface area contributed by atoms with Crippen LogP contribution in [-0.4, -0.2) is 34.6 Å². The Hall–Kier alpha value is -2.11. The van der Waals surface area contributed by atoms with E-state index in [1.807, 2.05) is 11.0 Å². The number of anilines is 1. The molecule has 0 aromatic carbocycles. The molecule has 1 aromatic rings. The fourth-order valence-corrected chi connectivity index (χ4v) is 3.39. The number of fused-ring (bicyclic) bond motifs is 1. The number of carbonyl (C=O) groups is 2. The third-order valence-electron chi connectivity index (χ3n) is 4.36. The van der Waals surface area contributed by atoms with Gasteiger partial charge < -0.3 is 15.7 Å². The molecule has 1 atom stereocenters. The van der Waals surface area contributed by atoms with E-state index in [-0.39, 0.29) is 12.5 Å². The van der Waals surface area contributed by atoms with Gasteiger partial charge in [0.15, 0.2) is 0 Å². The summed E-state index contributed by atoms with van der Waals surface area (Å²) in [5.74, 6) is -0.742. The number of carboxylic acid groups (broad SMARTS) is 1. The van der Waals surface area contributed by atoms with Crippen LogP contribution in [0.15, 0.2) is 6.07 Å². The number of rotatable bonds is 4. The number of pyridine rings is 1. The molecule has 21 heavy (non-hydrogen) atoms. The van der Waals surface area contributed by atoms with Crippen LogP contribution in [0, 0.1) is 0 Å². The zero-order valence-electron chi connectivity index (χ0n) is 11.8. The van der Waals surface area contributed by atoms with Gasteiger partial charge in [-0.1, -0.05) is 0 Å². The van der Waals surface area contributed by atoms with Crippen molar-refractivity contribution in [2.75, 3.05) is 11.4 Å². The Bertz CT molecular complexity index is 600. The van der Waals surface area contributed by atoms with E-state index >= 15 is 0 Å². The summed E-state index contributed by atoms with van der Waals surface area (Å²) < 4.78 is 0. The average Bonchev–Trinajstić information content (AvgIpc) is 3.04. The molecule has 1 aromatic heterocycles. The van der Waals surface area contributed by atoms with Crippen molar-refractivity contribution in [2.24, 2.45) is 5.73 Å². The van der Waals surface area contributed by atoms with E-state index in [0.29, 0.717) is 11.4 Å². The number of nitrogens with two attached hydrogens (primary N) is 1. The number of aliphatic carboxylic acids is 1. The van der Waals surface area contributed by atoms with Crippen LogP contribution < -0.4 is 10.6 Å². The maximum Gasteiger partial charge on any atom is 0.305 e. The molecular weight excluding hydrogens is 270 g/mol. The number of aryl methyl sites for hydroxylation is 2. The number of carboxylic acids is 1. The van der Waals surface area contributed by atoms with Gasteiger partial charge >= 0.3 is 5.97 Å². The Labute approximate surface area is 123 Å². The lowest BCUT2D eigenvalue weighted by atomic mass is 10.1. The van der Waals surface area contributed by atoms with Crippen LogP contribution in [-0.2, 0) is 17.6 Å². The van der Waals surface area contributed by atoms with Crippen LogP contribution in [0.25, 0.3) is 0 Å². The van der Waals surface area contributed by atoms with E-state index in [1.54, 1.807) is 0 Å². The molecule has 2 aliphatic rings. The third kappa shape index (κ3) is 2.57. The van der Waals surface area contributed by atoms with E-state index in [2.05, 4.69) is 4.98 Å². The van der Waals surface area contributed by atoms with E-state index in [4.69, 9.17) is 10.8 Å². The van der Waals surface area contributed by atoms with Gasteiger partial charge in [0, 0.05) is 18.3 Å². The predicted molar refractivity (Wildman–Crippen MR) is 77.4 cm³/mol. The molecule has 1 saturated heterocycles. The van der Waals surface area contributed by atoms with Crippen molar-refractivity contribution in [1.29, 1.82) is 0 Å². The number of hydrogen-bond donors (Lipinski definition) is 2. The summed E-state index contributed by atoms with van der Waals surface area (Å²) in [6.07, 6.45) is 4.68. The van der Waals surface area contributed by atoms with Crippen LogP contribution in [0.2, 0.25) is 0 Å². The molecule has 3 rings (SSSR count). The van der Waals surface area contributed by atoms with E-state index in [9.17, 15) is 9.59 Å². The highest BCUT2D eigenvalue weighted by Crippen LogP contribution is 2.32. The Morgan fingerprint density at radius 1 is 1.38 bits per heavy atom. The summed E-state index contributed by atoms with van der Waals surface area (Å²) in [6, 6.07) is 1.75. The largest absolute Gasteiger partial charge is 0.481 e. The van der Waals surface area contributed by atoms with Crippen molar-refractivity contribution in [3.63, 3.8) is 0 Å². The van der Waals surface area contributed by atoms with Crippen molar-refractivity contribution in [1.82, 2.24) is 4.98 Å². The molecular formula is C15H19N3O3. The molecule has 0 saturated carbocycles. The van der Waals surface area contributed by atoms with Gasteiger partial charge in [0.05, 0.1) is 12.0 Å². The molecule has 6 heteroatoms. The Kier molecular flexibility index (Phi) is 3.53. The maximum absolute atomic E-state index is 11.7. The highest BCUT2D eigenvalue weighted by atomic mass is 16.4. The van der Waals surface area contributed by atoms with Gasteiger partial charge in [-0.2, -0.15) is 0 Å². The minimum absolute atomic E-state index is 0.0664. The fourth-order valence-electron chi connectivity index (χ4n) is 3.39. The number of nitrogens with zero attached hydrogens (tertiary/aromatic N) is 2. The Morgan fingerprint density at radius 2 is 2.19 bits per heavy atom. The number of carbonyl (C=O) groups excluding carboxylic acids is 1. The minimum Gasteiger partial charge on any atom is -0.481 e. The molecule has 3 N–H and O–H groups in total. The lowest BCUT2D eigenvalue weighted by Crippen LogP contribution is -2.34. The van der Waals surface area contributed by atoms with Gasteiger partial charge in [-0.3, -0.25) is 9.59 Å². The number of primary amides is 1. The van der Waals surface area contributed by atoms with E-state index in [1.165, 1.54) is 0 Å². The molecule has 1 fully saturated rings. The highest BCUT2D eigenvalue weighted by Gasteiger charge is 2.31. The van der Waals surface area contributed by atoms with Gasteiger partial charge in [0.25, 0.3) is 5.91 Å². The second-order valence-corrected chi connectivity index (χ2v) is 5.77. The normalized spacial score (nSPS) is 20.6. The van der Waals surface area contributed by atoms with Crippen LogP contribution >= 0.6 is 0 Å². The lowest BCUT2D eigenvalue weighted by Gasteiger charge is -2.26. The number of aromatic nitrogens is 1. The van der Waals surface area contributed by atoms with Crippen molar-refractivity contribution in [3.8, 4) is 0 Å². The summed E-state index contributed by atoms with van der Waals surface area (Å²) >= 11 is 0. The van der Waals surface area contributed by atoms with Gasteiger partial charge in [0.1, 0.15) is 5.82 Å². The smallest absolute Gasteiger partial charge is 0.305 e. The SMILES string of the molecule is NC(=O)c1cc2c(nc1N1CCCC1CC(=O)O)CCC2. The van der Waals surface area contributed by atoms with Crippen LogP contribution in [0.5, 0.6) is 0 Å². The van der Waals surface area contributed by atoms with Crippen molar-refractivity contribution < 1.29 is 14.7 Å². The first-order chi connectivity index (χ1) is 10.1. The highest BCUT2D eigenvalue weighted by molar-refractivity contribution is 5.98. The Morgan fingerprint density at radius 3 is 2.90 bits per heavy atom. The molecule has 1 aliphatic heterocycles. The monoisotopic (exact) mass is 289 g/mol. The second-order valence-electron chi connectivity index (χ2n) is 5.77. The molecule has 0 bridgehead atoms. The molecule has 0 spiro atoms. The first kappa shape index (κ1) is 13.9. The first-order valence-electron chi connectivity index (χ1n) is 7.37. The standard InChI is InChI=1S/C15H19N3O3/c16-14(21)11-7-9-3-1-5-12(9)17-15(11)18-6-2-4-10(18)8-13(19)20/h7,10H,1-6,8H2,(H2,16,21)(H,19,20). The molecule has 6 nitrogen and oxygen atoms in total. The maximum atomic E-state index is 11.7. The average molecular weight is 289 g/mol. The quantitative estimate of drug-likeness (QED) is 0.865. The number of amides is 1. The summed E-state index contributed by atoms with van der Waals surface area (Å²) in [6.45, 7) is 0.726. The van der Waals surface area contributed by atoms with Gasteiger partial charge in [-0.15, -0.1) is 0 Å². The molecule has 0 radical (unpaired) electrons. The summed E-state index contributed by atoms with van der Waals surface area (Å²) in [5.41, 5.74) is 8.05. The van der Waals surface area contributed by atoms with Gasteiger partial charge in [0.2, 0.25) is 0 Å². The van der Waals surface area contributed by atoms with Crippen molar-refractivity contribution in [3.05, 3.63) is 22.9 Å². The number of hydrogen-bond acceptors (Lipinski definition) is 4. The van der Waals surface area contributed by atoms with Gasteiger partial charge in [-0.25, -0.2) is 4.98 Å². The Balaban J connectivity index is 2.00. The predicted octanol–water partition coefficient (Wildman–Crippen LogP) is 1.11. The van der Waals surface area contributed by atoms with Crippen LogP contribution in [0.3, 0.4) is 0 Å². The molecule has 1 unspecified atom stereocenters. The zero-order valence-corrected chi connectivity index (χ0v) is 11.8. The minimum atomic E-state index is -0.825. The molecule has 1 amide bonds. The van der Waals surface area contributed by atoms with Crippen LogP contribution in [0.4, 0.5) is 5.82 Å². The van der Waals surface area contributed by atoms with Crippen molar-refractivity contribution >= 4 is 17.7 Å². The van der Waals surface area contributed by atoms with E-state index in [0.717, 1.165) is 49.9 Å². The molecule has 1 aliphatic carbocycles. The summed E-state index contributed by atoms with van der Waals surface area (Å²) in [4.78, 5) is 29.3. The molecule has 112 valence electrons. The molecule has 2 heterocycles. The summed E-state index contributed by atoms with van der Waals surface area (Å²) in [7, 11) is 0. The van der Waals surface area contributed by atoms with Gasteiger partial charge in [-0.05, 0) is 43.7 Å². The van der Waals surface area contributed by atoms with E-state index < -0.39 is 11.9 Å². The second kappa shape index (κ2) is 5.35. The summed E-state index contributed by atoms with van der Waals surface area (Å²) in [5, 5.41) is 9.03.